The minimum Gasteiger partial charge on any atom is -0.354 e. The molecule has 2 aromatic rings. The maximum absolute atomic E-state index is 4.31. The van der Waals surface area contributed by atoms with E-state index >= 15 is 0 Å². The van der Waals surface area contributed by atoms with Crippen LogP contribution in [-0.2, 0) is 19.4 Å². The zero-order valence-electron chi connectivity index (χ0n) is 11.8. The van der Waals surface area contributed by atoms with Gasteiger partial charge in [0.25, 0.3) is 0 Å². The lowest BCUT2D eigenvalue weighted by atomic mass is 10.2. The van der Waals surface area contributed by atoms with Gasteiger partial charge < -0.3 is 4.90 Å². The molecule has 1 N–H and O–H groups in total. The van der Waals surface area contributed by atoms with Crippen LogP contribution >= 0.6 is 0 Å². The Morgan fingerprint density at radius 3 is 2.74 bits per heavy atom. The van der Waals surface area contributed by atoms with Gasteiger partial charge >= 0.3 is 0 Å². The van der Waals surface area contributed by atoms with E-state index in [4.69, 9.17) is 0 Å². The number of nitrogens with one attached hydrogen (secondary N) is 1. The van der Waals surface area contributed by atoms with Gasteiger partial charge in [-0.2, -0.15) is 5.10 Å². The number of hydrogen-bond acceptors (Lipinski definition) is 4. The Bertz CT molecular complexity index is 520. The summed E-state index contributed by atoms with van der Waals surface area (Å²) in [5.74, 6) is 0.943. The van der Waals surface area contributed by atoms with E-state index in [0.717, 1.165) is 48.7 Å². The highest BCUT2D eigenvalue weighted by atomic mass is 15.2. The molecule has 5 nitrogen and oxygen atoms in total. The van der Waals surface area contributed by atoms with Gasteiger partial charge in [-0.1, -0.05) is 20.3 Å². The fourth-order valence-corrected chi connectivity index (χ4v) is 2.00. The third kappa shape index (κ3) is 3.53. The molecular formula is C14H21N5. The molecule has 5 heteroatoms. The molecule has 19 heavy (non-hydrogen) atoms. The Labute approximate surface area is 114 Å². The van der Waals surface area contributed by atoms with Crippen LogP contribution < -0.4 is 4.90 Å². The van der Waals surface area contributed by atoms with Gasteiger partial charge in [-0.25, -0.2) is 9.97 Å². The fourth-order valence-electron chi connectivity index (χ4n) is 2.00. The first-order valence-corrected chi connectivity index (χ1v) is 6.78. The maximum Gasteiger partial charge on any atom is 0.132 e. The van der Waals surface area contributed by atoms with Crippen molar-refractivity contribution in [3.8, 4) is 0 Å². The quantitative estimate of drug-likeness (QED) is 0.865. The van der Waals surface area contributed by atoms with E-state index in [9.17, 15) is 0 Å². The summed E-state index contributed by atoms with van der Waals surface area (Å²) < 4.78 is 0. The fraction of sp³-hybridized carbons (Fsp3) is 0.500. The second kappa shape index (κ2) is 6.31. The van der Waals surface area contributed by atoms with E-state index in [1.54, 1.807) is 6.33 Å². The van der Waals surface area contributed by atoms with Crippen LogP contribution in [0.25, 0.3) is 0 Å². The van der Waals surface area contributed by atoms with Gasteiger partial charge in [-0.05, 0) is 18.9 Å². The molecule has 0 fully saturated rings. The van der Waals surface area contributed by atoms with Crippen molar-refractivity contribution < 1.29 is 0 Å². The molecular weight excluding hydrogens is 238 g/mol. The Balaban J connectivity index is 2.04. The van der Waals surface area contributed by atoms with E-state index in [0.29, 0.717) is 0 Å². The molecule has 0 bridgehead atoms. The van der Waals surface area contributed by atoms with Crippen molar-refractivity contribution in [2.45, 2.75) is 39.7 Å². The van der Waals surface area contributed by atoms with E-state index < -0.39 is 0 Å². The molecule has 0 radical (unpaired) electrons. The van der Waals surface area contributed by atoms with E-state index in [1.165, 1.54) is 0 Å². The molecule has 0 unspecified atom stereocenters. The molecule has 0 atom stereocenters. The number of aromatic nitrogens is 4. The van der Waals surface area contributed by atoms with Crippen LogP contribution in [0, 0.1) is 0 Å². The Kier molecular flexibility index (Phi) is 4.49. The van der Waals surface area contributed by atoms with Crippen molar-refractivity contribution in [3.05, 3.63) is 35.5 Å². The molecule has 0 aliphatic rings. The average molecular weight is 259 g/mol. The molecule has 2 heterocycles. The van der Waals surface area contributed by atoms with Gasteiger partial charge in [0.15, 0.2) is 0 Å². The molecule has 0 aliphatic heterocycles. The van der Waals surface area contributed by atoms with Crippen molar-refractivity contribution in [3.63, 3.8) is 0 Å². The normalized spacial score (nSPS) is 10.7. The Morgan fingerprint density at radius 2 is 2.00 bits per heavy atom. The van der Waals surface area contributed by atoms with Gasteiger partial charge in [0.1, 0.15) is 12.1 Å². The zero-order chi connectivity index (χ0) is 13.7. The summed E-state index contributed by atoms with van der Waals surface area (Å²) in [7, 11) is 2.03. The monoisotopic (exact) mass is 259 g/mol. The summed E-state index contributed by atoms with van der Waals surface area (Å²) in [6.45, 7) is 5.03. The Morgan fingerprint density at radius 1 is 1.16 bits per heavy atom. The minimum absolute atomic E-state index is 0.775. The first-order valence-electron chi connectivity index (χ1n) is 6.78. The summed E-state index contributed by atoms with van der Waals surface area (Å²) in [4.78, 5) is 10.6. The third-order valence-corrected chi connectivity index (χ3v) is 3.06. The summed E-state index contributed by atoms with van der Waals surface area (Å²) in [6, 6.07) is 4.16. The number of rotatable bonds is 6. The van der Waals surface area contributed by atoms with Crippen LogP contribution in [0.15, 0.2) is 18.5 Å². The standard InChI is InChI=1S/C14H21N5/c1-4-6-12-7-13(18-17-12)9-19(3)14-8-11(5-2)15-10-16-14/h7-8,10H,4-6,9H2,1-3H3,(H,17,18). The lowest BCUT2D eigenvalue weighted by Gasteiger charge is -2.17. The number of anilines is 1. The first kappa shape index (κ1) is 13.5. The number of aryl methyl sites for hydroxylation is 2. The minimum atomic E-state index is 0.775. The van der Waals surface area contributed by atoms with Crippen LogP contribution in [0.1, 0.15) is 37.4 Å². The smallest absolute Gasteiger partial charge is 0.132 e. The number of H-pyrrole nitrogens is 1. The predicted octanol–water partition coefficient (Wildman–Crippen LogP) is 2.35. The molecule has 2 rings (SSSR count). The third-order valence-electron chi connectivity index (χ3n) is 3.06. The van der Waals surface area contributed by atoms with Crippen LogP contribution in [0.2, 0.25) is 0 Å². The molecule has 0 saturated carbocycles. The molecule has 2 aromatic heterocycles. The van der Waals surface area contributed by atoms with Gasteiger partial charge in [0.2, 0.25) is 0 Å². The topological polar surface area (TPSA) is 57.7 Å². The average Bonchev–Trinajstić information content (AvgIpc) is 2.86. The summed E-state index contributed by atoms with van der Waals surface area (Å²) in [5.41, 5.74) is 3.30. The predicted molar refractivity (Wildman–Crippen MR) is 76.1 cm³/mol. The summed E-state index contributed by atoms with van der Waals surface area (Å²) in [5, 5.41) is 7.39. The van der Waals surface area contributed by atoms with Gasteiger partial charge in [-0.15, -0.1) is 0 Å². The SMILES string of the molecule is CCCc1cc(CN(C)c2cc(CC)ncn2)[nH]n1. The Hall–Kier alpha value is -1.91. The molecule has 0 saturated heterocycles. The lowest BCUT2D eigenvalue weighted by molar-refractivity contribution is 0.833. The summed E-state index contributed by atoms with van der Waals surface area (Å²) >= 11 is 0. The second-order valence-corrected chi connectivity index (χ2v) is 4.71. The molecule has 0 aliphatic carbocycles. The zero-order valence-corrected chi connectivity index (χ0v) is 11.8. The molecule has 0 amide bonds. The van der Waals surface area contributed by atoms with Crippen LogP contribution in [0.3, 0.4) is 0 Å². The highest BCUT2D eigenvalue weighted by Gasteiger charge is 2.07. The van der Waals surface area contributed by atoms with E-state index in [-0.39, 0.29) is 0 Å². The van der Waals surface area contributed by atoms with Gasteiger partial charge in [-0.3, -0.25) is 5.10 Å². The highest BCUT2D eigenvalue weighted by Crippen LogP contribution is 2.13. The van der Waals surface area contributed by atoms with Crippen molar-refractivity contribution in [1.82, 2.24) is 20.2 Å². The highest BCUT2D eigenvalue weighted by molar-refractivity contribution is 5.38. The van der Waals surface area contributed by atoms with Crippen molar-refractivity contribution in [2.24, 2.45) is 0 Å². The molecule has 0 aromatic carbocycles. The second-order valence-electron chi connectivity index (χ2n) is 4.71. The number of hydrogen-bond donors (Lipinski definition) is 1. The van der Waals surface area contributed by atoms with Crippen molar-refractivity contribution in [1.29, 1.82) is 0 Å². The van der Waals surface area contributed by atoms with Crippen molar-refractivity contribution in [2.75, 3.05) is 11.9 Å². The van der Waals surface area contributed by atoms with Crippen LogP contribution in [-0.4, -0.2) is 27.2 Å². The van der Waals surface area contributed by atoms with Gasteiger partial charge in [0, 0.05) is 18.8 Å². The lowest BCUT2D eigenvalue weighted by Crippen LogP contribution is -2.18. The number of aromatic amines is 1. The van der Waals surface area contributed by atoms with Crippen molar-refractivity contribution >= 4 is 5.82 Å². The largest absolute Gasteiger partial charge is 0.354 e. The van der Waals surface area contributed by atoms with E-state index in [2.05, 4.69) is 45.0 Å². The maximum atomic E-state index is 4.31. The molecule has 102 valence electrons. The van der Waals surface area contributed by atoms with E-state index in [1.807, 2.05) is 13.1 Å². The number of nitrogens with zero attached hydrogens (tertiary/aromatic N) is 4. The first-order chi connectivity index (χ1) is 9.22. The van der Waals surface area contributed by atoms with Crippen LogP contribution in [0.5, 0.6) is 0 Å². The molecule has 0 spiro atoms. The summed E-state index contributed by atoms with van der Waals surface area (Å²) in [6.07, 6.45) is 4.69. The van der Waals surface area contributed by atoms with Crippen LogP contribution in [0.4, 0.5) is 5.82 Å². The van der Waals surface area contributed by atoms with Gasteiger partial charge in [0.05, 0.1) is 17.9 Å².